The van der Waals surface area contributed by atoms with Gasteiger partial charge in [-0.15, -0.1) is 0 Å². The Bertz CT molecular complexity index is 691. The normalized spacial score (nSPS) is 13.6. The molecule has 0 saturated carbocycles. The van der Waals surface area contributed by atoms with E-state index in [-0.39, 0.29) is 23.8 Å². The average molecular weight is 319 g/mol. The molecule has 0 aliphatic carbocycles. The molecule has 2 rings (SSSR count). The highest BCUT2D eigenvalue weighted by atomic mass is 16.5. The molecule has 0 aromatic heterocycles. The Hall–Kier alpha value is -2.50. The number of carbonyl (C=O) groups excluding carboxylic acids is 2. The van der Waals surface area contributed by atoms with Gasteiger partial charge in [-0.2, -0.15) is 0 Å². The van der Waals surface area contributed by atoms with E-state index in [1.165, 1.54) is 14.0 Å². The molecule has 0 spiro atoms. The van der Waals surface area contributed by atoms with Crippen LogP contribution in [0.1, 0.15) is 40.9 Å². The Labute approximate surface area is 135 Å². The molecule has 1 aliphatic rings. The van der Waals surface area contributed by atoms with Gasteiger partial charge in [-0.1, -0.05) is 11.6 Å². The van der Waals surface area contributed by atoms with Gasteiger partial charge in [-0.3, -0.25) is 4.79 Å². The van der Waals surface area contributed by atoms with Crippen LogP contribution in [-0.4, -0.2) is 30.6 Å². The van der Waals surface area contributed by atoms with Crippen LogP contribution in [0.3, 0.4) is 0 Å². The molecule has 0 unspecified atom stereocenters. The summed E-state index contributed by atoms with van der Waals surface area (Å²) in [5, 5.41) is 13.2. The number of methoxy groups -OCH3 is 1. The summed E-state index contributed by atoms with van der Waals surface area (Å²) in [6, 6.07) is 0. The third-order valence-corrected chi connectivity index (χ3v) is 3.92. The maximum Gasteiger partial charge on any atom is 0.342 e. The van der Waals surface area contributed by atoms with Crippen LogP contribution in [-0.2, 0) is 22.6 Å². The number of carbonyl (C=O) groups is 2. The van der Waals surface area contributed by atoms with Gasteiger partial charge < -0.3 is 19.9 Å². The molecule has 1 aromatic carbocycles. The quantitative estimate of drug-likeness (QED) is 0.640. The van der Waals surface area contributed by atoms with Crippen molar-refractivity contribution < 1.29 is 24.2 Å². The van der Waals surface area contributed by atoms with E-state index in [0.29, 0.717) is 29.8 Å². The zero-order valence-electron chi connectivity index (χ0n) is 13.8. The molecule has 1 aliphatic heterocycles. The van der Waals surface area contributed by atoms with Crippen LogP contribution in [0.15, 0.2) is 11.6 Å². The van der Waals surface area contributed by atoms with Crippen molar-refractivity contribution in [1.29, 1.82) is 0 Å². The van der Waals surface area contributed by atoms with Crippen LogP contribution in [0.4, 0.5) is 0 Å². The molecule has 0 fully saturated rings. The Balaban J connectivity index is 2.37. The fourth-order valence-electron chi connectivity index (χ4n) is 2.64. The first kappa shape index (κ1) is 16.9. The lowest BCUT2D eigenvalue weighted by Gasteiger charge is -2.15. The van der Waals surface area contributed by atoms with Crippen molar-refractivity contribution in [2.45, 2.75) is 33.8 Å². The summed E-state index contributed by atoms with van der Waals surface area (Å²) in [7, 11) is 1.53. The van der Waals surface area contributed by atoms with Crippen LogP contribution in [0.25, 0.3) is 0 Å². The van der Waals surface area contributed by atoms with Gasteiger partial charge in [0.25, 0.3) is 0 Å². The highest BCUT2D eigenvalue weighted by Gasteiger charge is 2.31. The first-order valence-corrected chi connectivity index (χ1v) is 7.35. The van der Waals surface area contributed by atoms with Gasteiger partial charge in [0.05, 0.1) is 7.11 Å². The third-order valence-electron chi connectivity index (χ3n) is 3.92. The van der Waals surface area contributed by atoms with E-state index in [1.807, 2.05) is 19.9 Å². The summed E-state index contributed by atoms with van der Waals surface area (Å²) in [5.41, 5.74) is 3.19. The van der Waals surface area contributed by atoms with Crippen molar-refractivity contribution in [2.24, 2.45) is 0 Å². The van der Waals surface area contributed by atoms with Crippen LogP contribution >= 0.6 is 0 Å². The molecule has 0 atom stereocenters. The fraction of sp³-hybridized carbons (Fsp3) is 0.412. The van der Waals surface area contributed by atoms with Gasteiger partial charge in [-0.05, 0) is 25.8 Å². The van der Waals surface area contributed by atoms with E-state index in [1.54, 1.807) is 0 Å². The number of ether oxygens (including phenoxy) is 2. The standard InChI is InChI=1S/C17H21NO5/c1-9(7-18-11(3)19)5-6-12-15(20)14-13(8-23-17(14)21)10(2)16(12)22-4/h5,20H,6-8H2,1-4H3,(H,18,19)/b9-5+. The van der Waals surface area contributed by atoms with E-state index in [9.17, 15) is 14.7 Å². The third kappa shape index (κ3) is 3.31. The summed E-state index contributed by atoms with van der Waals surface area (Å²) in [6.07, 6.45) is 2.28. The molecule has 1 heterocycles. The van der Waals surface area contributed by atoms with Crippen molar-refractivity contribution in [3.05, 3.63) is 33.9 Å². The molecular weight excluding hydrogens is 298 g/mol. The molecule has 1 amide bonds. The zero-order valence-corrected chi connectivity index (χ0v) is 13.8. The highest BCUT2D eigenvalue weighted by Crippen LogP contribution is 2.41. The van der Waals surface area contributed by atoms with Crippen LogP contribution in [0.5, 0.6) is 11.5 Å². The van der Waals surface area contributed by atoms with Crippen molar-refractivity contribution >= 4 is 11.9 Å². The van der Waals surface area contributed by atoms with Gasteiger partial charge in [0.15, 0.2) is 0 Å². The lowest BCUT2D eigenvalue weighted by atomic mass is 9.95. The van der Waals surface area contributed by atoms with E-state index >= 15 is 0 Å². The number of cyclic esters (lactones) is 1. The SMILES string of the molecule is COc1c(C)c2c(c(O)c1C/C=C(\C)CNC(C)=O)C(=O)OC2. The monoisotopic (exact) mass is 319 g/mol. The topological polar surface area (TPSA) is 84.9 Å². The number of rotatable bonds is 5. The maximum atomic E-state index is 11.8. The van der Waals surface area contributed by atoms with Gasteiger partial charge in [0, 0.05) is 24.6 Å². The second kappa shape index (κ2) is 6.73. The van der Waals surface area contributed by atoms with E-state index in [2.05, 4.69) is 5.32 Å². The smallest absolute Gasteiger partial charge is 0.342 e. The molecule has 0 radical (unpaired) electrons. The molecule has 0 saturated heterocycles. The van der Waals surface area contributed by atoms with Crippen molar-refractivity contribution in [3.8, 4) is 11.5 Å². The number of hydrogen-bond donors (Lipinski definition) is 2. The van der Waals surface area contributed by atoms with E-state index in [4.69, 9.17) is 9.47 Å². The number of esters is 1. The number of phenols is 1. The van der Waals surface area contributed by atoms with Crippen LogP contribution < -0.4 is 10.1 Å². The van der Waals surface area contributed by atoms with Gasteiger partial charge in [0.1, 0.15) is 23.7 Å². The molecule has 23 heavy (non-hydrogen) atoms. The lowest BCUT2D eigenvalue weighted by Crippen LogP contribution is -2.21. The summed E-state index contributed by atoms with van der Waals surface area (Å²) >= 11 is 0. The summed E-state index contributed by atoms with van der Waals surface area (Å²) in [4.78, 5) is 22.8. The van der Waals surface area contributed by atoms with Gasteiger partial charge >= 0.3 is 5.97 Å². The van der Waals surface area contributed by atoms with E-state index < -0.39 is 5.97 Å². The van der Waals surface area contributed by atoms with Crippen LogP contribution in [0, 0.1) is 6.92 Å². The molecule has 2 N–H and O–H groups in total. The minimum Gasteiger partial charge on any atom is -0.507 e. The molecule has 124 valence electrons. The number of fused-ring (bicyclic) bond motifs is 1. The first-order valence-electron chi connectivity index (χ1n) is 7.35. The van der Waals surface area contributed by atoms with Crippen molar-refractivity contribution in [3.63, 3.8) is 0 Å². The number of amides is 1. The molecule has 6 heteroatoms. The lowest BCUT2D eigenvalue weighted by molar-refractivity contribution is -0.118. The first-order chi connectivity index (χ1) is 10.9. The number of hydrogen-bond acceptors (Lipinski definition) is 5. The molecule has 1 aromatic rings. The van der Waals surface area contributed by atoms with Gasteiger partial charge in [-0.25, -0.2) is 4.79 Å². The maximum absolute atomic E-state index is 11.8. The van der Waals surface area contributed by atoms with Crippen molar-refractivity contribution in [2.75, 3.05) is 13.7 Å². The minimum atomic E-state index is -0.511. The largest absolute Gasteiger partial charge is 0.507 e. The summed E-state index contributed by atoms with van der Waals surface area (Å²) in [5.74, 6) is -0.144. The number of benzene rings is 1. The van der Waals surface area contributed by atoms with Crippen LogP contribution in [0.2, 0.25) is 0 Å². The zero-order chi connectivity index (χ0) is 17.1. The Morgan fingerprint density at radius 2 is 2.13 bits per heavy atom. The van der Waals surface area contributed by atoms with Gasteiger partial charge in [0.2, 0.25) is 5.91 Å². The predicted octanol–water partition coefficient (Wildman–Crippen LogP) is 2.00. The predicted molar refractivity (Wildman–Crippen MR) is 84.7 cm³/mol. The van der Waals surface area contributed by atoms with Crippen molar-refractivity contribution in [1.82, 2.24) is 5.32 Å². The Morgan fingerprint density at radius 1 is 1.43 bits per heavy atom. The molecule has 0 bridgehead atoms. The summed E-state index contributed by atoms with van der Waals surface area (Å²) in [6.45, 7) is 5.77. The Kier molecular flexibility index (Phi) is 4.93. The summed E-state index contributed by atoms with van der Waals surface area (Å²) < 4.78 is 10.4. The highest BCUT2D eigenvalue weighted by molar-refractivity contribution is 5.98. The second-order valence-corrected chi connectivity index (χ2v) is 5.58. The molecular formula is C17H21NO5. The molecule has 6 nitrogen and oxygen atoms in total. The Morgan fingerprint density at radius 3 is 2.74 bits per heavy atom. The average Bonchev–Trinajstić information content (AvgIpc) is 2.89. The fourth-order valence-corrected chi connectivity index (χ4v) is 2.64. The minimum absolute atomic E-state index is 0.0893. The number of aromatic hydroxyl groups is 1. The number of phenolic OH excluding ortho intramolecular Hbond substituents is 1. The second-order valence-electron chi connectivity index (χ2n) is 5.58. The van der Waals surface area contributed by atoms with E-state index in [0.717, 1.165) is 11.1 Å². The number of allylic oxidation sites excluding steroid dienone is 1. The number of nitrogens with one attached hydrogen (secondary N) is 1.